The van der Waals surface area contributed by atoms with Gasteiger partial charge in [-0.15, -0.1) is 0 Å². The van der Waals surface area contributed by atoms with Crippen molar-refractivity contribution in [3.05, 3.63) is 5.15 Å². The lowest BCUT2D eigenvalue weighted by atomic mass is 10.1. The molecule has 0 aromatic carbocycles. The van der Waals surface area contributed by atoms with Gasteiger partial charge in [0.2, 0.25) is 0 Å². The van der Waals surface area contributed by atoms with Crippen LogP contribution in [-0.2, 0) is 4.74 Å². The molecular formula is C15H28ClN5O2S. The lowest BCUT2D eigenvalue weighted by Gasteiger charge is -2.29. The number of aliphatic hydroxyl groups is 1. The van der Waals surface area contributed by atoms with E-state index in [1.54, 1.807) is 5.01 Å². The summed E-state index contributed by atoms with van der Waals surface area (Å²) in [6.07, 6.45) is 3.56. The Balaban J connectivity index is 2.90. The summed E-state index contributed by atoms with van der Waals surface area (Å²) in [6, 6.07) is 0.0194. The maximum absolute atomic E-state index is 8.78. The van der Waals surface area contributed by atoms with Crippen LogP contribution in [0.25, 0.3) is 0 Å². The Bertz CT molecular complexity index is 495. The number of anilines is 2. The first kappa shape index (κ1) is 21.2. The molecule has 0 aliphatic rings. The molecule has 0 aliphatic heterocycles. The highest BCUT2D eigenvalue weighted by Crippen LogP contribution is 2.30. The highest BCUT2D eigenvalue weighted by atomic mass is 35.5. The van der Waals surface area contributed by atoms with Crippen LogP contribution < -0.4 is 16.6 Å². The van der Waals surface area contributed by atoms with E-state index in [-0.39, 0.29) is 23.5 Å². The Morgan fingerprint density at radius 2 is 2.00 bits per heavy atom. The molecule has 0 bridgehead atoms. The van der Waals surface area contributed by atoms with Crippen LogP contribution in [0, 0.1) is 0 Å². The largest absolute Gasteiger partial charge is 0.394 e. The Labute approximate surface area is 153 Å². The van der Waals surface area contributed by atoms with E-state index in [4.69, 9.17) is 33.0 Å². The minimum atomic E-state index is 0.0112. The normalized spacial score (nSPS) is 12.4. The third-order valence-corrected chi connectivity index (χ3v) is 4.73. The number of halogens is 1. The third-order valence-electron chi connectivity index (χ3n) is 3.38. The van der Waals surface area contributed by atoms with Crippen molar-refractivity contribution in [2.24, 2.45) is 5.84 Å². The average molecular weight is 378 g/mol. The van der Waals surface area contributed by atoms with Crippen LogP contribution in [0.1, 0.15) is 39.5 Å². The highest BCUT2D eigenvalue weighted by molar-refractivity contribution is 7.99. The number of rotatable bonds is 12. The molecule has 138 valence electrons. The van der Waals surface area contributed by atoms with Crippen LogP contribution in [0.5, 0.6) is 0 Å². The number of nitrogens with zero attached hydrogens (tertiary/aromatic N) is 3. The molecule has 0 amide bonds. The van der Waals surface area contributed by atoms with Gasteiger partial charge >= 0.3 is 0 Å². The zero-order valence-corrected chi connectivity index (χ0v) is 15.9. The number of hydrogen-bond donors (Lipinski definition) is 3. The van der Waals surface area contributed by atoms with Gasteiger partial charge in [0.1, 0.15) is 5.69 Å². The fourth-order valence-electron chi connectivity index (χ4n) is 2.18. The van der Waals surface area contributed by atoms with Gasteiger partial charge in [-0.2, -0.15) is 0 Å². The van der Waals surface area contributed by atoms with E-state index in [2.05, 4.69) is 23.8 Å². The van der Waals surface area contributed by atoms with Gasteiger partial charge in [-0.3, -0.25) is 5.01 Å². The van der Waals surface area contributed by atoms with E-state index in [1.807, 2.05) is 0 Å². The molecule has 1 atom stereocenters. The summed E-state index contributed by atoms with van der Waals surface area (Å²) in [6.45, 7) is 5.02. The quantitative estimate of drug-likeness (QED) is 0.127. The molecule has 0 fully saturated rings. The van der Waals surface area contributed by atoms with Gasteiger partial charge in [-0.1, -0.05) is 43.6 Å². The zero-order valence-electron chi connectivity index (χ0n) is 14.4. The Hall–Kier alpha value is -0.800. The Kier molecular flexibility index (Phi) is 10.4. The molecule has 1 heterocycles. The molecule has 0 radical (unpaired) electrons. The molecular weight excluding hydrogens is 350 g/mol. The lowest BCUT2D eigenvalue weighted by Crippen LogP contribution is -2.43. The molecule has 24 heavy (non-hydrogen) atoms. The molecule has 0 saturated carbocycles. The number of ether oxygens (including phenoxy) is 1. The standard InChI is InChI=1S/C15H28ClN5O2S/c1-3-5-11(6-8-23-9-7-22)21(18)14-12(17)13(16)19-15(20-14)24-10-4-2/h11,22H,3-10,17-18H2,1-2H3. The second-order valence-electron chi connectivity index (χ2n) is 5.36. The van der Waals surface area contributed by atoms with Crippen LogP contribution in [0.2, 0.25) is 5.15 Å². The smallest absolute Gasteiger partial charge is 0.191 e. The van der Waals surface area contributed by atoms with Gasteiger partial charge < -0.3 is 15.6 Å². The fourth-order valence-corrected chi connectivity index (χ4v) is 3.09. The first-order valence-corrected chi connectivity index (χ1v) is 9.59. The van der Waals surface area contributed by atoms with E-state index in [9.17, 15) is 0 Å². The summed E-state index contributed by atoms with van der Waals surface area (Å²) >= 11 is 7.67. The lowest BCUT2D eigenvalue weighted by molar-refractivity contribution is 0.0867. The molecule has 1 unspecified atom stereocenters. The molecule has 0 aliphatic carbocycles. The topological polar surface area (TPSA) is 111 Å². The van der Waals surface area contributed by atoms with Gasteiger partial charge in [-0.05, 0) is 19.3 Å². The molecule has 1 aromatic heterocycles. The average Bonchev–Trinajstić information content (AvgIpc) is 2.58. The molecule has 5 N–H and O–H groups in total. The van der Waals surface area contributed by atoms with Gasteiger partial charge in [0.25, 0.3) is 0 Å². The maximum Gasteiger partial charge on any atom is 0.191 e. The number of aliphatic hydroxyl groups excluding tert-OH is 1. The van der Waals surface area contributed by atoms with Gasteiger partial charge in [0.15, 0.2) is 16.1 Å². The maximum atomic E-state index is 8.78. The van der Waals surface area contributed by atoms with Crippen LogP contribution in [0.15, 0.2) is 5.16 Å². The van der Waals surface area contributed by atoms with E-state index in [0.29, 0.717) is 30.6 Å². The van der Waals surface area contributed by atoms with Crippen molar-refractivity contribution in [1.29, 1.82) is 0 Å². The first-order chi connectivity index (χ1) is 11.5. The molecule has 1 aromatic rings. The number of hydrazine groups is 1. The number of hydrogen-bond acceptors (Lipinski definition) is 8. The minimum Gasteiger partial charge on any atom is -0.394 e. The number of aromatic nitrogens is 2. The van der Waals surface area contributed by atoms with Gasteiger partial charge in [-0.25, -0.2) is 15.8 Å². The molecule has 7 nitrogen and oxygen atoms in total. The van der Waals surface area contributed by atoms with E-state index in [1.165, 1.54) is 11.8 Å². The van der Waals surface area contributed by atoms with Crippen molar-refractivity contribution in [3.8, 4) is 0 Å². The van der Waals surface area contributed by atoms with Crippen molar-refractivity contribution in [1.82, 2.24) is 9.97 Å². The molecule has 0 saturated heterocycles. The van der Waals surface area contributed by atoms with Crippen LogP contribution >= 0.6 is 23.4 Å². The third kappa shape index (κ3) is 6.60. The van der Waals surface area contributed by atoms with Crippen LogP contribution in [0.3, 0.4) is 0 Å². The van der Waals surface area contributed by atoms with E-state index >= 15 is 0 Å². The van der Waals surface area contributed by atoms with Crippen LogP contribution in [-0.4, -0.2) is 46.7 Å². The minimum absolute atomic E-state index is 0.0112. The molecule has 1 rings (SSSR count). The van der Waals surface area contributed by atoms with E-state index in [0.717, 1.165) is 25.0 Å². The summed E-state index contributed by atoms with van der Waals surface area (Å²) < 4.78 is 5.35. The van der Waals surface area contributed by atoms with E-state index < -0.39 is 0 Å². The predicted octanol–water partition coefficient (Wildman–Crippen LogP) is 2.46. The molecule has 9 heteroatoms. The van der Waals surface area contributed by atoms with Crippen molar-refractivity contribution < 1.29 is 9.84 Å². The fraction of sp³-hybridized carbons (Fsp3) is 0.733. The number of nitrogen functional groups attached to an aromatic ring is 1. The highest BCUT2D eigenvalue weighted by Gasteiger charge is 2.21. The number of thioether (sulfide) groups is 1. The summed E-state index contributed by atoms with van der Waals surface area (Å²) in [7, 11) is 0. The second kappa shape index (κ2) is 11.7. The summed E-state index contributed by atoms with van der Waals surface area (Å²) in [4.78, 5) is 8.68. The second-order valence-corrected chi connectivity index (χ2v) is 6.78. The summed E-state index contributed by atoms with van der Waals surface area (Å²) in [5, 5.41) is 11.2. The predicted molar refractivity (Wildman–Crippen MR) is 100 cm³/mol. The SMILES string of the molecule is CCCSc1nc(Cl)c(N)c(N(N)C(CCC)CCOCCO)n1. The summed E-state index contributed by atoms with van der Waals surface area (Å²) in [5.74, 6) is 7.65. The van der Waals surface area contributed by atoms with Crippen molar-refractivity contribution in [3.63, 3.8) is 0 Å². The van der Waals surface area contributed by atoms with Gasteiger partial charge in [0.05, 0.1) is 13.2 Å². The first-order valence-electron chi connectivity index (χ1n) is 8.23. The van der Waals surface area contributed by atoms with Crippen LogP contribution in [0.4, 0.5) is 11.5 Å². The van der Waals surface area contributed by atoms with Crippen molar-refractivity contribution >= 4 is 34.9 Å². The monoisotopic (exact) mass is 377 g/mol. The zero-order chi connectivity index (χ0) is 17.9. The van der Waals surface area contributed by atoms with Crippen molar-refractivity contribution in [2.75, 3.05) is 36.3 Å². The summed E-state index contributed by atoms with van der Waals surface area (Å²) in [5.41, 5.74) is 6.33. The number of nitrogens with two attached hydrogens (primary N) is 2. The molecule has 0 spiro atoms. The van der Waals surface area contributed by atoms with Crippen molar-refractivity contribution in [2.45, 2.75) is 50.7 Å². The Morgan fingerprint density at radius 1 is 1.25 bits per heavy atom. The van der Waals surface area contributed by atoms with Gasteiger partial charge in [0, 0.05) is 18.4 Å². The Morgan fingerprint density at radius 3 is 2.62 bits per heavy atom.